The van der Waals surface area contributed by atoms with Gasteiger partial charge in [-0.05, 0) is 58.3 Å². The summed E-state index contributed by atoms with van der Waals surface area (Å²) >= 11 is 0. The fourth-order valence-corrected chi connectivity index (χ4v) is 2.43. The zero-order valence-corrected chi connectivity index (χ0v) is 12.7. The summed E-state index contributed by atoms with van der Waals surface area (Å²) in [5, 5.41) is 5.48. The monoisotopic (exact) mass is 285 g/mol. The molecule has 1 saturated carbocycles. The Morgan fingerprint density at radius 3 is 1.90 bits per heavy atom. The maximum atomic E-state index is 11.5. The molecule has 3 amide bonds. The van der Waals surface area contributed by atoms with Crippen molar-refractivity contribution < 1.29 is 14.3 Å². The number of hydrogen-bond acceptors (Lipinski definition) is 3. The highest BCUT2D eigenvalue weighted by molar-refractivity contribution is 5.71. The predicted octanol–water partition coefficient (Wildman–Crippen LogP) is 1.99. The molecule has 0 radical (unpaired) electrons. The zero-order chi connectivity index (χ0) is 15.2. The van der Waals surface area contributed by atoms with Gasteiger partial charge in [-0.2, -0.15) is 0 Å². The van der Waals surface area contributed by atoms with E-state index in [0.717, 1.165) is 25.7 Å². The number of carbonyl (C=O) groups is 2. The van der Waals surface area contributed by atoms with E-state index in [9.17, 15) is 9.59 Å². The molecule has 0 atom stereocenters. The lowest BCUT2D eigenvalue weighted by Gasteiger charge is -2.29. The molecular weight excluding hydrogens is 258 g/mol. The van der Waals surface area contributed by atoms with Crippen molar-refractivity contribution in [2.24, 2.45) is 17.6 Å². The first kappa shape index (κ1) is 16.6. The molecule has 0 aliphatic heterocycles. The molecule has 1 aliphatic carbocycles. The summed E-state index contributed by atoms with van der Waals surface area (Å²) < 4.78 is 5.20. The van der Waals surface area contributed by atoms with E-state index in [0.29, 0.717) is 24.9 Å². The normalized spacial score (nSPS) is 22.9. The highest BCUT2D eigenvalue weighted by Crippen LogP contribution is 2.27. The molecule has 0 saturated heterocycles. The summed E-state index contributed by atoms with van der Waals surface area (Å²) in [4.78, 5) is 22.2. The van der Waals surface area contributed by atoms with Crippen LogP contribution in [0.25, 0.3) is 0 Å². The van der Waals surface area contributed by atoms with Crippen molar-refractivity contribution in [1.82, 2.24) is 10.6 Å². The minimum absolute atomic E-state index is 0.352. The second kappa shape index (κ2) is 7.36. The lowest BCUT2D eigenvalue weighted by Crippen LogP contribution is -2.38. The van der Waals surface area contributed by atoms with E-state index in [1.165, 1.54) is 0 Å². The molecule has 0 spiro atoms. The van der Waals surface area contributed by atoms with Crippen LogP contribution in [0.2, 0.25) is 0 Å². The third kappa shape index (κ3) is 7.21. The molecule has 6 heteroatoms. The van der Waals surface area contributed by atoms with Gasteiger partial charge in [0, 0.05) is 13.1 Å². The maximum Gasteiger partial charge on any atom is 0.407 e. The van der Waals surface area contributed by atoms with Crippen molar-refractivity contribution >= 4 is 12.1 Å². The van der Waals surface area contributed by atoms with Crippen LogP contribution in [0, 0.1) is 11.8 Å². The number of nitrogens with one attached hydrogen (secondary N) is 2. The highest BCUT2D eigenvalue weighted by Gasteiger charge is 2.22. The molecule has 1 fully saturated rings. The number of urea groups is 1. The summed E-state index contributed by atoms with van der Waals surface area (Å²) in [5.74, 6) is 0.993. The van der Waals surface area contributed by atoms with E-state index in [1.807, 2.05) is 20.8 Å². The molecule has 0 unspecified atom stereocenters. The van der Waals surface area contributed by atoms with Crippen molar-refractivity contribution in [1.29, 1.82) is 0 Å². The molecule has 1 aliphatic rings. The van der Waals surface area contributed by atoms with Gasteiger partial charge in [-0.3, -0.25) is 0 Å². The topological polar surface area (TPSA) is 93.4 Å². The fourth-order valence-electron chi connectivity index (χ4n) is 2.43. The number of hydrogen-bond donors (Lipinski definition) is 3. The van der Waals surface area contributed by atoms with E-state index >= 15 is 0 Å². The minimum atomic E-state index is -0.460. The second-order valence-electron chi connectivity index (χ2n) is 6.51. The summed E-state index contributed by atoms with van der Waals surface area (Å²) in [5.41, 5.74) is 4.60. The number of nitrogens with two attached hydrogens (primary N) is 1. The smallest absolute Gasteiger partial charge is 0.407 e. The van der Waals surface area contributed by atoms with Gasteiger partial charge in [-0.25, -0.2) is 9.59 Å². The molecule has 0 aromatic rings. The van der Waals surface area contributed by atoms with E-state index in [-0.39, 0.29) is 6.09 Å². The van der Waals surface area contributed by atoms with E-state index in [1.54, 1.807) is 0 Å². The maximum absolute atomic E-state index is 11.5. The minimum Gasteiger partial charge on any atom is -0.444 e. The van der Waals surface area contributed by atoms with Gasteiger partial charge in [-0.1, -0.05) is 0 Å². The Labute approximate surface area is 120 Å². The predicted molar refractivity (Wildman–Crippen MR) is 77.3 cm³/mol. The molecule has 6 nitrogen and oxygen atoms in total. The van der Waals surface area contributed by atoms with Crippen LogP contribution >= 0.6 is 0 Å². The Morgan fingerprint density at radius 2 is 1.50 bits per heavy atom. The third-order valence-electron chi connectivity index (χ3n) is 3.47. The van der Waals surface area contributed by atoms with Crippen molar-refractivity contribution in [3.8, 4) is 0 Å². The Bertz CT molecular complexity index is 331. The van der Waals surface area contributed by atoms with Gasteiger partial charge in [0.05, 0.1) is 0 Å². The van der Waals surface area contributed by atoms with Crippen LogP contribution in [0.15, 0.2) is 0 Å². The Morgan fingerprint density at radius 1 is 1.05 bits per heavy atom. The summed E-state index contributed by atoms with van der Waals surface area (Å²) in [7, 11) is 0. The average Bonchev–Trinajstić information content (AvgIpc) is 2.33. The van der Waals surface area contributed by atoms with Gasteiger partial charge in [-0.15, -0.1) is 0 Å². The third-order valence-corrected chi connectivity index (χ3v) is 3.47. The molecule has 1 rings (SSSR count). The Hall–Kier alpha value is -1.46. The van der Waals surface area contributed by atoms with Crippen molar-refractivity contribution in [3.63, 3.8) is 0 Å². The van der Waals surface area contributed by atoms with Gasteiger partial charge in [0.2, 0.25) is 0 Å². The van der Waals surface area contributed by atoms with Crippen molar-refractivity contribution in [2.45, 2.75) is 52.1 Å². The van der Waals surface area contributed by atoms with E-state index in [4.69, 9.17) is 10.5 Å². The van der Waals surface area contributed by atoms with Gasteiger partial charge in [0.15, 0.2) is 0 Å². The number of primary amides is 1. The first-order valence-electron chi connectivity index (χ1n) is 7.26. The number of alkyl carbamates (subject to hydrolysis) is 1. The largest absolute Gasteiger partial charge is 0.444 e. The van der Waals surface area contributed by atoms with Crippen LogP contribution in [0.5, 0.6) is 0 Å². The van der Waals surface area contributed by atoms with Gasteiger partial charge in [0.1, 0.15) is 5.60 Å². The Kier molecular flexibility index (Phi) is 6.10. The zero-order valence-electron chi connectivity index (χ0n) is 12.7. The molecule has 116 valence electrons. The standard InChI is InChI=1S/C14H27N3O3/c1-14(2,3)20-13(19)17-9-11-6-4-10(5-7-11)8-16-12(15)18/h10-11H,4-9H2,1-3H3,(H,17,19)(H3,15,16,18)/t10-,11-. The summed E-state index contributed by atoms with van der Waals surface area (Å²) in [6.45, 7) is 6.86. The van der Waals surface area contributed by atoms with Crippen LogP contribution in [0.4, 0.5) is 9.59 Å². The van der Waals surface area contributed by atoms with Crippen LogP contribution in [-0.2, 0) is 4.74 Å². The molecule has 20 heavy (non-hydrogen) atoms. The number of rotatable bonds is 4. The summed E-state index contributed by atoms with van der Waals surface area (Å²) in [6.07, 6.45) is 3.87. The number of ether oxygens (including phenoxy) is 1. The lowest BCUT2D eigenvalue weighted by molar-refractivity contribution is 0.0513. The van der Waals surface area contributed by atoms with E-state index in [2.05, 4.69) is 10.6 Å². The molecule has 0 heterocycles. The van der Waals surface area contributed by atoms with Crippen LogP contribution in [-0.4, -0.2) is 30.8 Å². The fraction of sp³-hybridized carbons (Fsp3) is 0.857. The Balaban J connectivity index is 2.16. The average molecular weight is 285 g/mol. The van der Waals surface area contributed by atoms with Gasteiger partial charge < -0.3 is 21.1 Å². The highest BCUT2D eigenvalue weighted by atomic mass is 16.6. The molecule has 0 aromatic heterocycles. The molecule has 0 aromatic carbocycles. The molecule has 0 bridgehead atoms. The number of carbonyl (C=O) groups excluding carboxylic acids is 2. The first-order chi connectivity index (χ1) is 9.26. The van der Waals surface area contributed by atoms with Gasteiger partial charge in [0.25, 0.3) is 0 Å². The second-order valence-corrected chi connectivity index (χ2v) is 6.51. The summed E-state index contributed by atoms with van der Waals surface area (Å²) in [6, 6.07) is -0.460. The quantitative estimate of drug-likeness (QED) is 0.737. The van der Waals surface area contributed by atoms with Crippen LogP contribution in [0.1, 0.15) is 46.5 Å². The van der Waals surface area contributed by atoms with E-state index < -0.39 is 11.6 Å². The number of amides is 3. The van der Waals surface area contributed by atoms with Crippen LogP contribution in [0.3, 0.4) is 0 Å². The SMILES string of the molecule is CC(C)(C)OC(=O)NC[C@H]1CC[C@H](CNC(N)=O)CC1. The van der Waals surface area contributed by atoms with Crippen LogP contribution < -0.4 is 16.4 Å². The van der Waals surface area contributed by atoms with Crippen molar-refractivity contribution in [2.75, 3.05) is 13.1 Å². The van der Waals surface area contributed by atoms with Gasteiger partial charge >= 0.3 is 12.1 Å². The first-order valence-corrected chi connectivity index (χ1v) is 7.26. The molecular formula is C14H27N3O3. The molecule has 4 N–H and O–H groups in total. The lowest BCUT2D eigenvalue weighted by atomic mass is 9.82. The van der Waals surface area contributed by atoms with Crippen molar-refractivity contribution in [3.05, 3.63) is 0 Å².